The molecule has 0 aromatic carbocycles. The van der Waals surface area contributed by atoms with Gasteiger partial charge < -0.3 is 5.73 Å². The normalized spacial score (nSPS) is 12.2. The fraction of sp³-hybridized carbons (Fsp3) is 0.583. The lowest BCUT2D eigenvalue weighted by molar-refractivity contribution is 0.310. The lowest BCUT2D eigenvalue weighted by Gasteiger charge is -2.22. The number of hydrogen-bond acceptors (Lipinski definition) is 4. The molecule has 0 bridgehead atoms. The highest BCUT2D eigenvalue weighted by atomic mass is 15.4. The number of aromatic nitrogens is 4. The van der Waals surface area contributed by atoms with Gasteiger partial charge in [-0.05, 0) is 36.9 Å². The molecule has 0 saturated carbocycles. The van der Waals surface area contributed by atoms with Crippen LogP contribution in [0.1, 0.15) is 32.5 Å². The summed E-state index contributed by atoms with van der Waals surface area (Å²) in [6.07, 6.45) is 4.70. The third-order valence-electron chi connectivity index (χ3n) is 3.09. The molecule has 2 rings (SSSR count). The Kier molecular flexibility index (Phi) is 3.38. The van der Waals surface area contributed by atoms with E-state index in [1.54, 1.807) is 10.7 Å². The molecule has 0 fully saturated rings. The molecule has 0 aliphatic rings. The molecule has 17 heavy (non-hydrogen) atoms. The second kappa shape index (κ2) is 4.79. The summed E-state index contributed by atoms with van der Waals surface area (Å²) in [7, 11) is 0. The Balaban J connectivity index is 2.09. The van der Waals surface area contributed by atoms with E-state index >= 15 is 0 Å². The molecule has 0 aliphatic heterocycles. The average molecular weight is 233 g/mol. The van der Waals surface area contributed by atoms with E-state index < -0.39 is 0 Å². The van der Waals surface area contributed by atoms with Gasteiger partial charge in [-0.2, -0.15) is 9.61 Å². The Bertz CT molecular complexity index is 488. The van der Waals surface area contributed by atoms with E-state index in [0.29, 0.717) is 0 Å². The monoisotopic (exact) mass is 233 g/mol. The predicted molar refractivity (Wildman–Crippen MR) is 66.6 cm³/mol. The Hall–Kier alpha value is -1.49. The van der Waals surface area contributed by atoms with E-state index in [1.165, 1.54) is 0 Å². The van der Waals surface area contributed by atoms with Gasteiger partial charge in [0.05, 0.1) is 0 Å². The van der Waals surface area contributed by atoms with Crippen molar-refractivity contribution in [2.24, 2.45) is 11.1 Å². The fourth-order valence-corrected chi connectivity index (χ4v) is 1.91. The molecule has 2 heterocycles. The maximum absolute atomic E-state index is 5.61. The van der Waals surface area contributed by atoms with Gasteiger partial charge in [0.1, 0.15) is 0 Å². The van der Waals surface area contributed by atoms with E-state index in [1.807, 2.05) is 12.1 Å². The summed E-state index contributed by atoms with van der Waals surface area (Å²) >= 11 is 0. The summed E-state index contributed by atoms with van der Waals surface area (Å²) in [4.78, 5) is 0. The Labute approximate surface area is 101 Å². The molecule has 5 heteroatoms. The van der Waals surface area contributed by atoms with Crippen molar-refractivity contribution in [2.75, 3.05) is 6.54 Å². The SMILES string of the molecule is CC(C)(CCN)CCc1nnc2cccnn12. The average Bonchev–Trinajstić information content (AvgIpc) is 2.70. The number of nitrogens with zero attached hydrogens (tertiary/aromatic N) is 4. The molecule has 92 valence electrons. The third-order valence-corrected chi connectivity index (χ3v) is 3.09. The molecule has 5 nitrogen and oxygen atoms in total. The molecule has 0 unspecified atom stereocenters. The highest BCUT2D eigenvalue weighted by Crippen LogP contribution is 2.25. The predicted octanol–water partition coefficient (Wildman–Crippen LogP) is 1.43. The van der Waals surface area contributed by atoms with Crippen molar-refractivity contribution in [3.8, 4) is 0 Å². The maximum atomic E-state index is 5.61. The van der Waals surface area contributed by atoms with Crippen LogP contribution in [0, 0.1) is 5.41 Å². The van der Waals surface area contributed by atoms with E-state index in [-0.39, 0.29) is 5.41 Å². The number of hydrogen-bond donors (Lipinski definition) is 1. The molecule has 2 N–H and O–H groups in total. The summed E-state index contributed by atoms with van der Waals surface area (Å²) < 4.78 is 1.80. The number of aryl methyl sites for hydroxylation is 1. The Morgan fingerprint density at radius 2 is 2.12 bits per heavy atom. The molecule has 0 aliphatic carbocycles. The second-order valence-electron chi connectivity index (χ2n) is 5.11. The quantitative estimate of drug-likeness (QED) is 0.848. The van der Waals surface area contributed by atoms with Crippen LogP contribution in [0.5, 0.6) is 0 Å². The van der Waals surface area contributed by atoms with Crippen molar-refractivity contribution in [1.82, 2.24) is 19.8 Å². The van der Waals surface area contributed by atoms with Gasteiger partial charge in [0.25, 0.3) is 0 Å². The van der Waals surface area contributed by atoms with Crippen molar-refractivity contribution in [1.29, 1.82) is 0 Å². The topological polar surface area (TPSA) is 69.1 Å². The first-order valence-electron chi connectivity index (χ1n) is 5.98. The van der Waals surface area contributed by atoms with Gasteiger partial charge in [0.15, 0.2) is 11.5 Å². The molecular weight excluding hydrogens is 214 g/mol. The molecule has 2 aromatic rings. The van der Waals surface area contributed by atoms with Crippen LogP contribution in [-0.4, -0.2) is 26.4 Å². The maximum Gasteiger partial charge on any atom is 0.177 e. The first-order valence-corrected chi connectivity index (χ1v) is 5.98. The summed E-state index contributed by atoms with van der Waals surface area (Å²) in [5.74, 6) is 0.922. The number of rotatable bonds is 5. The minimum Gasteiger partial charge on any atom is -0.330 e. The van der Waals surface area contributed by atoms with Crippen LogP contribution in [0.15, 0.2) is 18.3 Å². The van der Waals surface area contributed by atoms with Crippen molar-refractivity contribution in [3.05, 3.63) is 24.2 Å². The standard InChI is InChI=1S/C12H19N5/c1-12(2,7-8-13)6-5-11-16-15-10-4-3-9-14-17(10)11/h3-4,9H,5-8,13H2,1-2H3. The van der Waals surface area contributed by atoms with Crippen molar-refractivity contribution in [2.45, 2.75) is 33.1 Å². The molecular formula is C12H19N5. The molecule has 0 spiro atoms. The minimum absolute atomic E-state index is 0.245. The summed E-state index contributed by atoms with van der Waals surface area (Å²) in [6.45, 7) is 5.19. The third kappa shape index (κ3) is 2.79. The van der Waals surface area contributed by atoms with Gasteiger partial charge in [0, 0.05) is 12.6 Å². The van der Waals surface area contributed by atoms with Crippen LogP contribution in [-0.2, 0) is 6.42 Å². The largest absolute Gasteiger partial charge is 0.330 e. The van der Waals surface area contributed by atoms with Gasteiger partial charge in [-0.3, -0.25) is 0 Å². The van der Waals surface area contributed by atoms with Crippen LogP contribution < -0.4 is 5.73 Å². The molecule has 2 aromatic heterocycles. The van der Waals surface area contributed by atoms with Crippen LogP contribution in [0.3, 0.4) is 0 Å². The highest BCUT2D eigenvalue weighted by molar-refractivity contribution is 5.34. The second-order valence-corrected chi connectivity index (χ2v) is 5.11. The fourth-order valence-electron chi connectivity index (χ4n) is 1.91. The molecule has 0 saturated heterocycles. The molecule has 0 radical (unpaired) electrons. The van der Waals surface area contributed by atoms with Crippen LogP contribution >= 0.6 is 0 Å². The minimum atomic E-state index is 0.245. The smallest absolute Gasteiger partial charge is 0.177 e. The van der Waals surface area contributed by atoms with Crippen LogP contribution in [0.4, 0.5) is 0 Å². The Morgan fingerprint density at radius 3 is 2.88 bits per heavy atom. The van der Waals surface area contributed by atoms with Gasteiger partial charge in [-0.15, -0.1) is 10.2 Å². The lowest BCUT2D eigenvalue weighted by atomic mass is 9.84. The van der Waals surface area contributed by atoms with Crippen LogP contribution in [0.2, 0.25) is 0 Å². The first-order chi connectivity index (χ1) is 8.12. The van der Waals surface area contributed by atoms with E-state index in [2.05, 4.69) is 29.1 Å². The zero-order chi connectivity index (χ0) is 12.3. The van der Waals surface area contributed by atoms with Crippen molar-refractivity contribution < 1.29 is 0 Å². The van der Waals surface area contributed by atoms with Crippen molar-refractivity contribution in [3.63, 3.8) is 0 Å². The van der Waals surface area contributed by atoms with Crippen LogP contribution in [0.25, 0.3) is 5.65 Å². The number of fused-ring (bicyclic) bond motifs is 1. The van der Waals surface area contributed by atoms with E-state index in [0.717, 1.165) is 37.3 Å². The van der Waals surface area contributed by atoms with E-state index in [9.17, 15) is 0 Å². The van der Waals surface area contributed by atoms with Gasteiger partial charge in [0.2, 0.25) is 0 Å². The molecule has 0 amide bonds. The zero-order valence-electron chi connectivity index (χ0n) is 10.4. The van der Waals surface area contributed by atoms with E-state index in [4.69, 9.17) is 5.73 Å². The number of nitrogens with two attached hydrogens (primary N) is 1. The lowest BCUT2D eigenvalue weighted by Crippen LogP contribution is -2.18. The summed E-state index contributed by atoms with van der Waals surface area (Å²) in [5.41, 5.74) is 6.66. The first kappa shape index (κ1) is 12.0. The highest BCUT2D eigenvalue weighted by Gasteiger charge is 2.18. The molecule has 0 atom stereocenters. The van der Waals surface area contributed by atoms with Gasteiger partial charge >= 0.3 is 0 Å². The summed E-state index contributed by atoms with van der Waals surface area (Å²) in [6, 6.07) is 3.78. The van der Waals surface area contributed by atoms with Gasteiger partial charge in [-0.1, -0.05) is 13.8 Å². The Morgan fingerprint density at radius 1 is 1.29 bits per heavy atom. The van der Waals surface area contributed by atoms with Gasteiger partial charge in [-0.25, -0.2) is 0 Å². The van der Waals surface area contributed by atoms with Crippen molar-refractivity contribution >= 4 is 5.65 Å². The zero-order valence-corrected chi connectivity index (χ0v) is 10.4. The summed E-state index contributed by atoms with van der Waals surface area (Å²) in [5, 5.41) is 12.5.